The molecule has 2 aromatic rings. The summed E-state index contributed by atoms with van der Waals surface area (Å²) in [5.74, 6) is 0.772. The summed E-state index contributed by atoms with van der Waals surface area (Å²) in [5.41, 5.74) is 1.95. The van der Waals surface area contributed by atoms with Crippen LogP contribution in [0.5, 0.6) is 5.75 Å². The van der Waals surface area contributed by atoms with Crippen molar-refractivity contribution in [3.8, 4) is 5.75 Å². The van der Waals surface area contributed by atoms with Gasteiger partial charge < -0.3 is 14.6 Å². The lowest BCUT2D eigenvalue weighted by molar-refractivity contribution is -0.0129. The largest absolute Gasteiger partial charge is 0.497 e. The molecule has 21 heavy (non-hydrogen) atoms. The van der Waals surface area contributed by atoms with Gasteiger partial charge in [0.1, 0.15) is 11.9 Å². The van der Waals surface area contributed by atoms with Gasteiger partial charge >= 0.3 is 0 Å². The van der Waals surface area contributed by atoms with Gasteiger partial charge in [-0.3, -0.25) is 0 Å². The van der Waals surface area contributed by atoms with E-state index in [1.807, 2.05) is 48.5 Å². The lowest BCUT2D eigenvalue weighted by Gasteiger charge is -2.22. The minimum Gasteiger partial charge on any atom is -0.497 e. The Hall–Kier alpha value is -1.36. The first-order valence-electron chi connectivity index (χ1n) is 6.74. The fraction of sp³-hybridized carbons (Fsp3) is 0.294. The van der Waals surface area contributed by atoms with Gasteiger partial charge in [-0.05, 0) is 29.3 Å². The summed E-state index contributed by atoms with van der Waals surface area (Å²) in [7, 11) is 3.24. The molecule has 2 atom stereocenters. The van der Waals surface area contributed by atoms with E-state index in [9.17, 15) is 5.11 Å². The highest BCUT2D eigenvalue weighted by Crippen LogP contribution is 2.28. The maximum Gasteiger partial charge on any atom is 0.119 e. The van der Waals surface area contributed by atoms with Crippen LogP contribution in [0.1, 0.15) is 17.2 Å². The summed E-state index contributed by atoms with van der Waals surface area (Å²) < 4.78 is 11.6. The molecule has 0 saturated heterocycles. The molecule has 2 aromatic carbocycles. The van der Waals surface area contributed by atoms with Crippen molar-refractivity contribution in [1.29, 1.82) is 0 Å². The predicted molar refractivity (Wildman–Crippen MR) is 86.6 cm³/mol. The molecule has 0 heterocycles. The zero-order valence-corrected chi connectivity index (χ0v) is 13.7. The van der Waals surface area contributed by atoms with Crippen LogP contribution in [0, 0.1) is 0 Å². The fourth-order valence-electron chi connectivity index (χ4n) is 2.32. The van der Waals surface area contributed by atoms with Gasteiger partial charge in [0.25, 0.3) is 0 Å². The van der Waals surface area contributed by atoms with Crippen LogP contribution in [-0.4, -0.2) is 25.4 Å². The van der Waals surface area contributed by atoms with Crippen LogP contribution in [-0.2, 0) is 11.2 Å². The van der Waals surface area contributed by atoms with Gasteiger partial charge in [0.05, 0.1) is 13.2 Å². The minimum atomic E-state index is -0.638. The zero-order chi connectivity index (χ0) is 15.2. The molecule has 112 valence electrons. The predicted octanol–water partition coefficient (Wildman–Crippen LogP) is 3.75. The first-order valence-corrected chi connectivity index (χ1v) is 7.53. The molecule has 0 aromatic heterocycles. The Labute approximate surface area is 133 Å². The van der Waals surface area contributed by atoms with Crippen molar-refractivity contribution in [2.75, 3.05) is 14.2 Å². The van der Waals surface area contributed by atoms with Crippen molar-refractivity contribution in [2.45, 2.75) is 18.6 Å². The molecule has 0 spiro atoms. The number of hydrogen-bond acceptors (Lipinski definition) is 3. The third-order valence-electron chi connectivity index (χ3n) is 3.41. The first kappa shape index (κ1) is 16.0. The van der Waals surface area contributed by atoms with Crippen LogP contribution >= 0.6 is 15.9 Å². The van der Waals surface area contributed by atoms with Crippen molar-refractivity contribution in [1.82, 2.24) is 0 Å². The summed E-state index contributed by atoms with van der Waals surface area (Å²) in [4.78, 5) is 0. The highest BCUT2D eigenvalue weighted by Gasteiger charge is 2.22. The number of aliphatic hydroxyl groups is 1. The number of hydrogen-bond donors (Lipinski definition) is 1. The summed E-state index contributed by atoms with van der Waals surface area (Å²) in [6, 6.07) is 15.5. The van der Waals surface area contributed by atoms with Crippen molar-refractivity contribution >= 4 is 15.9 Å². The van der Waals surface area contributed by atoms with Crippen molar-refractivity contribution in [3.05, 3.63) is 64.1 Å². The van der Waals surface area contributed by atoms with E-state index in [1.165, 1.54) is 0 Å². The topological polar surface area (TPSA) is 38.7 Å². The number of ether oxygens (including phenoxy) is 2. The first-order chi connectivity index (χ1) is 10.2. The maximum absolute atomic E-state index is 10.5. The van der Waals surface area contributed by atoms with E-state index in [-0.39, 0.29) is 6.10 Å². The third kappa shape index (κ3) is 4.06. The van der Waals surface area contributed by atoms with Gasteiger partial charge in [-0.1, -0.05) is 46.3 Å². The lowest BCUT2D eigenvalue weighted by atomic mass is 9.98. The Morgan fingerprint density at radius 2 is 1.81 bits per heavy atom. The van der Waals surface area contributed by atoms with Gasteiger partial charge in [-0.2, -0.15) is 0 Å². The molecule has 0 radical (unpaired) electrons. The van der Waals surface area contributed by atoms with Gasteiger partial charge in [-0.15, -0.1) is 0 Å². The number of aliphatic hydroxyl groups excluding tert-OH is 1. The van der Waals surface area contributed by atoms with Crippen LogP contribution in [0.4, 0.5) is 0 Å². The van der Waals surface area contributed by atoms with Crippen molar-refractivity contribution in [2.24, 2.45) is 0 Å². The molecular weight excluding hydrogens is 332 g/mol. The van der Waals surface area contributed by atoms with Crippen LogP contribution in [0.15, 0.2) is 53.0 Å². The van der Waals surface area contributed by atoms with Crippen LogP contribution in [0.25, 0.3) is 0 Å². The summed E-state index contributed by atoms with van der Waals surface area (Å²) in [6.45, 7) is 0. The molecule has 0 saturated carbocycles. The van der Waals surface area contributed by atoms with Crippen LogP contribution in [0.2, 0.25) is 0 Å². The van der Waals surface area contributed by atoms with E-state index < -0.39 is 6.10 Å². The Balaban J connectivity index is 2.18. The van der Waals surface area contributed by atoms with Gasteiger partial charge in [0, 0.05) is 18.0 Å². The van der Waals surface area contributed by atoms with E-state index in [4.69, 9.17) is 9.47 Å². The second-order valence-electron chi connectivity index (χ2n) is 4.80. The number of rotatable bonds is 6. The van der Waals surface area contributed by atoms with Crippen LogP contribution in [0.3, 0.4) is 0 Å². The van der Waals surface area contributed by atoms with E-state index in [0.717, 1.165) is 21.3 Å². The maximum atomic E-state index is 10.5. The minimum absolute atomic E-state index is 0.357. The van der Waals surface area contributed by atoms with E-state index >= 15 is 0 Å². The standard InChI is InChI=1S/C17H19BrO3/c1-20-14-8-9-15(18)13(10-14)11-16(19)17(21-2)12-6-4-3-5-7-12/h3-10,16-17,19H,11H2,1-2H3. The molecule has 0 aliphatic heterocycles. The zero-order valence-electron chi connectivity index (χ0n) is 12.1. The Morgan fingerprint density at radius 3 is 2.43 bits per heavy atom. The van der Waals surface area contributed by atoms with Crippen molar-refractivity contribution < 1.29 is 14.6 Å². The van der Waals surface area contributed by atoms with Crippen LogP contribution < -0.4 is 4.74 Å². The lowest BCUT2D eigenvalue weighted by Crippen LogP contribution is -2.22. The van der Waals surface area contributed by atoms with Gasteiger partial charge in [0.15, 0.2) is 0 Å². The molecule has 1 N–H and O–H groups in total. The molecule has 4 heteroatoms. The summed E-state index contributed by atoms with van der Waals surface area (Å²) in [5, 5.41) is 10.5. The fourth-order valence-corrected chi connectivity index (χ4v) is 2.73. The number of benzene rings is 2. The normalized spacial score (nSPS) is 13.7. The molecule has 2 unspecified atom stereocenters. The molecule has 0 bridgehead atoms. The van der Waals surface area contributed by atoms with E-state index in [0.29, 0.717) is 6.42 Å². The monoisotopic (exact) mass is 350 g/mol. The van der Waals surface area contributed by atoms with E-state index in [2.05, 4.69) is 15.9 Å². The average Bonchev–Trinajstić information content (AvgIpc) is 2.51. The number of halogens is 1. The van der Waals surface area contributed by atoms with E-state index in [1.54, 1.807) is 14.2 Å². The Bertz CT molecular complexity index is 572. The molecule has 0 fully saturated rings. The van der Waals surface area contributed by atoms with Crippen molar-refractivity contribution in [3.63, 3.8) is 0 Å². The second-order valence-corrected chi connectivity index (χ2v) is 5.65. The number of methoxy groups -OCH3 is 2. The van der Waals surface area contributed by atoms with Gasteiger partial charge in [-0.25, -0.2) is 0 Å². The summed E-state index contributed by atoms with van der Waals surface area (Å²) >= 11 is 3.51. The summed E-state index contributed by atoms with van der Waals surface area (Å²) in [6.07, 6.45) is -0.518. The van der Waals surface area contributed by atoms with Gasteiger partial charge in [0.2, 0.25) is 0 Å². The molecule has 3 nitrogen and oxygen atoms in total. The molecule has 2 rings (SSSR count). The molecule has 0 aliphatic carbocycles. The quantitative estimate of drug-likeness (QED) is 0.862. The molecule has 0 aliphatic rings. The Kier molecular flexibility index (Phi) is 5.79. The highest BCUT2D eigenvalue weighted by molar-refractivity contribution is 9.10. The second kappa shape index (κ2) is 7.59. The SMILES string of the molecule is COc1ccc(Br)c(CC(O)C(OC)c2ccccc2)c1. The smallest absolute Gasteiger partial charge is 0.119 e. The third-order valence-corrected chi connectivity index (χ3v) is 4.19. The average molecular weight is 351 g/mol. The molecule has 0 amide bonds. The highest BCUT2D eigenvalue weighted by atomic mass is 79.9. The molecular formula is C17H19BrO3. The Morgan fingerprint density at radius 1 is 1.10 bits per heavy atom.